The van der Waals surface area contributed by atoms with Gasteiger partial charge in [0.25, 0.3) is 0 Å². The lowest BCUT2D eigenvalue weighted by Crippen LogP contribution is -2.16. The Morgan fingerprint density at radius 2 is 1.72 bits per heavy atom. The Kier molecular flexibility index (Phi) is 3.35. The van der Waals surface area contributed by atoms with E-state index < -0.39 is 0 Å². The van der Waals surface area contributed by atoms with Gasteiger partial charge in [-0.15, -0.1) is 0 Å². The van der Waals surface area contributed by atoms with Crippen molar-refractivity contribution in [3.63, 3.8) is 0 Å². The van der Waals surface area contributed by atoms with Crippen LogP contribution in [0.25, 0.3) is 0 Å². The number of benzene rings is 2. The van der Waals surface area contributed by atoms with Gasteiger partial charge in [0.05, 0.1) is 5.69 Å². The third-order valence-corrected chi connectivity index (χ3v) is 3.66. The van der Waals surface area contributed by atoms with Crippen LogP contribution in [0.1, 0.15) is 18.1 Å². The topological polar surface area (TPSA) is 12.5 Å². The molecule has 18 heavy (non-hydrogen) atoms. The zero-order valence-corrected chi connectivity index (χ0v) is 11.5. The lowest BCUT2D eigenvalue weighted by atomic mass is 10.1. The van der Waals surface area contributed by atoms with Crippen LogP contribution in [0.3, 0.4) is 0 Å². The van der Waals surface area contributed by atoms with Crippen molar-refractivity contribution in [2.45, 2.75) is 12.5 Å². The standard InChI is InChI=1S/C15H14BrNO/c16-13-8-6-12(7-9-13)15-10-11-17(18-15)14-4-2-1-3-5-14/h1-9,15H,10-11H2. The Bertz CT molecular complexity index is 512. The Hall–Kier alpha value is -1.32. The second-order valence-electron chi connectivity index (χ2n) is 4.37. The summed E-state index contributed by atoms with van der Waals surface area (Å²) in [5.41, 5.74) is 2.36. The fraction of sp³-hybridized carbons (Fsp3) is 0.200. The van der Waals surface area contributed by atoms with Crippen LogP contribution in [0.15, 0.2) is 59.1 Å². The average molecular weight is 304 g/mol. The van der Waals surface area contributed by atoms with Crippen LogP contribution in [-0.2, 0) is 4.84 Å². The monoisotopic (exact) mass is 303 g/mol. The van der Waals surface area contributed by atoms with E-state index in [1.54, 1.807) is 0 Å². The molecule has 1 fully saturated rings. The number of hydrogen-bond acceptors (Lipinski definition) is 2. The van der Waals surface area contributed by atoms with Crippen molar-refractivity contribution < 1.29 is 4.84 Å². The average Bonchev–Trinajstić information content (AvgIpc) is 2.90. The minimum Gasteiger partial charge on any atom is -0.265 e. The van der Waals surface area contributed by atoms with E-state index in [-0.39, 0.29) is 6.10 Å². The molecule has 1 heterocycles. The van der Waals surface area contributed by atoms with Gasteiger partial charge in [0, 0.05) is 17.4 Å². The number of halogens is 1. The van der Waals surface area contributed by atoms with Crippen LogP contribution in [0.4, 0.5) is 5.69 Å². The smallest absolute Gasteiger partial charge is 0.112 e. The van der Waals surface area contributed by atoms with Gasteiger partial charge in [0.15, 0.2) is 0 Å². The molecule has 2 nitrogen and oxygen atoms in total. The summed E-state index contributed by atoms with van der Waals surface area (Å²) in [5.74, 6) is 0. The van der Waals surface area contributed by atoms with Crippen molar-refractivity contribution in [3.8, 4) is 0 Å². The molecule has 2 aromatic rings. The molecule has 1 saturated heterocycles. The third-order valence-electron chi connectivity index (χ3n) is 3.13. The molecule has 0 aliphatic carbocycles. The van der Waals surface area contributed by atoms with Crippen LogP contribution in [0.2, 0.25) is 0 Å². The Labute approximate surface area is 115 Å². The number of para-hydroxylation sites is 1. The summed E-state index contributed by atoms with van der Waals surface area (Å²) in [6, 6.07) is 18.6. The van der Waals surface area contributed by atoms with Crippen molar-refractivity contribution in [3.05, 3.63) is 64.6 Å². The second-order valence-corrected chi connectivity index (χ2v) is 5.29. The van der Waals surface area contributed by atoms with Crippen molar-refractivity contribution >= 4 is 21.6 Å². The van der Waals surface area contributed by atoms with E-state index in [0.29, 0.717) is 0 Å². The summed E-state index contributed by atoms with van der Waals surface area (Å²) < 4.78 is 1.10. The Balaban J connectivity index is 1.74. The van der Waals surface area contributed by atoms with Gasteiger partial charge in [-0.05, 0) is 29.8 Å². The predicted octanol–water partition coefficient (Wildman–Crippen LogP) is 4.33. The van der Waals surface area contributed by atoms with Gasteiger partial charge in [-0.1, -0.05) is 46.3 Å². The SMILES string of the molecule is Brc1ccc(C2CCN(c3ccccc3)O2)cc1. The van der Waals surface area contributed by atoms with Crippen molar-refractivity contribution in [1.82, 2.24) is 0 Å². The molecule has 3 heteroatoms. The first kappa shape index (κ1) is 11.8. The maximum atomic E-state index is 5.99. The molecule has 3 rings (SSSR count). The van der Waals surface area contributed by atoms with E-state index in [9.17, 15) is 0 Å². The summed E-state index contributed by atoms with van der Waals surface area (Å²) in [6.07, 6.45) is 1.19. The molecule has 0 N–H and O–H groups in total. The number of rotatable bonds is 2. The molecule has 0 radical (unpaired) electrons. The van der Waals surface area contributed by atoms with Crippen molar-refractivity contribution in [1.29, 1.82) is 0 Å². The number of nitrogens with zero attached hydrogens (tertiary/aromatic N) is 1. The van der Waals surface area contributed by atoms with Gasteiger partial charge in [-0.25, -0.2) is 0 Å². The van der Waals surface area contributed by atoms with Crippen LogP contribution in [0, 0.1) is 0 Å². The van der Waals surface area contributed by atoms with E-state index >= 15 is 0 Å². The Morgan fingerprint density at radius 1 is 1.00 bits per heavy atom. The molecule has 2 aromatic carbocycles. The van der Waals surface area contributed by atoms with Crippen molar-refractivity contribution in [2.24, 2.45) is 0 Å². The molecule has 1 aliphatic heterocycles. The van der Waals surface area contributed by atoms with Crippen molar-refractivity contribution in [2.75, 3.05) is 11.6 Å². The van der Waals surface area contributed by atoms with Crippen LogP contribution in [-0.4, -0.2) is 6.54 Å². The molecule has 0 bridgehead atoms. The van der Waals surface area contributed by atoms with Gasteiger partial charge in [-0.3, -0.25) is 9.90 Å². The molecule has 0 spiro atoms. The fourth-order valence-electron chi connectivity index (χ4n) is 2.18. The second kappa shape index (κ2) is 5.12. The lowest BCUT2D eigenvalue weighted by molar-refractivity contribution is 0.0879. The molecule has 1 aliphatic rings. The normalized spacial score (nSPS) is 19.2. The predicted molar refractivity (Wildman–Crippen MR) is 76.4 cm³/mol. The number of anilines is 1. The molecule has 0 amide bonds. The first-order valence-electron chi connectivity index (χ1n) is 6.08. The van der Waals surface area contributed by atoms with Gasteiger partial charge in [0.2, 0.25) is 0 Å². The van der Waals surface area contributed by atoms with Crippen LogP contribution in [0.5, 0.6) is 0 Å². The molecular formula is C15H14BrNO. The lowest BCUT2D eigenvalue weighted by Gasteiger charge is -2.18. The molecule has 1 unspecified atom stereocenters. The maximum Gasteiger partial charge on any atom is 0.112 e. The van der Waals surface area contributed by atoms with E-state index in [1.807, 2.05) is 23.3 Å². The maximum absolute atomic E-state index is 5.99. The van der Waals surface area contributed by atoms with E-state index in [2.05, 4.69) is 52.3 Å². The van der Waals surface area contributed by atoms with Crippen LogP contribution >= 0.6 is 15.9 Å². The fourth-order valence-corrected chi connectivity index (χ4v) is 2.45. The minimum atomic E-state index is 0.165. The van der Waals surface area contributed by atoms with Gasteiger partial charge >= 0.3 is 0 Å². The van der Waals surface area contributed by atoms with Gasteiger partial charge in [0.1, 0.15) is 6.10 Å². The molecule has 92 valence electrons. The first-order chi connectivity index (χ1) is 8.83. The Morgan fingerprint density at radius 3 is 2.44 bits per heavy atom. The zero-order chi connectivity index (χ0) is 12.4. The highest BCUT2D eigenvalue weighted by Crippen LogP contribution is 2.32. The van der Waals surface area contributed by atoms with Gasteiger partial charge < -0.3 is 0 Å². The largest absolute Gasteiger partial charge is 0.265 e. The highest BCUT2D eigenvalue weighted by atomic mass is 79.9. The van der Waals surface area contributed by atoms with Crippen LogP contribution < -0.4 is 5.06 Å². The summed E-state index contributed by atoms with van der Waals surface area (Å²) in [5, 5.41) is 1.98. The third kappa shape index (κ3) is 2.42. The zero-order valence-electron chi connectivity index (χ0n) is 9.92. The summed E-state index contributed by atoms with van der Waals surface area (Å²) in [7, 11) is 0. The highest BCUT2D eigenvalue weighted by Gasteiger charge is 2.25. The molecule has 1 atom stereocenters. The summed E-state index contributed by atoms with van der Waals surface area (Å²) >= 11 is 3.45. The minimum absolute atomic E-state index is 0.165. The highest BCUT2D eigenvalue weighted by molar-refractivity contribution is 9.10. The first-order valence-corrected chi connectivity index (χ1v) is 6.87. The summed E-state index contributed by atoms with van der Waals surface area (Å²) in [6.45, 7) is 0.935. The van der Waals surface area contributed by atoms with E-state index in [4.69, 9.17) is 4.84 Å². The van der Waals surface area contributed by atoms with E-state index in [1.165, 1.54) is 5.56 Å². The molecular weight excluding hydrogens is 290 g/mol. The molecule has 0 saturated carbocycles. The van der Waals surface area contributed by atoms with Gasteiger partial charge in [-0.2, -0.15) is 0 Å². The number of hydroxylamine groups is 1. The summed E-state index contributed by atoms with van der Waals surface area (Å²) in [4.78, 5) is 5.99. The molecule has 0 aromatic heterocycles. The number of hydrogen-bond donors (Lipinski definition) is 0. The van der Waals surface area contributed by atoms with E-state index in [0.717, 1.165) is 23.1 Å². The quantitative estimate of drug-likeness (QED) is 0.818.